The molecular weight excluding hydrogens is 238 g/mol. The molecule has 3 N–H and O–H groups in total. The van der Waals surface area contributed by atoms with Crippen LogP contribution in [0, 0.1) is 17.8 Å². The van der Waals surface area contributed by atoms with E-state index in [9.17, 15) is 4.79 Å². The molecule has 1 aliphatic carbocycles. The molecule has 0 spiro atoms. The fraction of sp³-hybridized carbons (Fsp3) is 0.467. The molecule has 1 saturated carbocycles. The molecule has 4 heteroatoms. The van der Waals surface area contributed by atoms with Crippen LogP contribution in [0.15, 0.2) is 18.5 Å². The van der Waals surface area contributed by atoms with Crippen LogP contribution in [-0.4, -0.2) is 23.5 Å². The zero-order chi connectivity index (χ0) is 13.7. The second kappa shape index (κ2) is 6.35. The predicted molar refractivity (Wildman–Crippen MR) is 74.4 cm³/mol. The van der Waals surface area contributed by atoms with Crippen molar-refractivity contribution < 1.29 is 4.79 Å². The Hall–Kier alpha value is -1.86. The van der Waals surface area contributed by atoms with Crippen molar-refractivity contribution >= 4 is 5.91 Å². The number of rotatable bonds is 2. The van der Waals surface area contributed by atoms with Crippen LogP contribution in [0.4, 0.5) is 0 Å². The van der Waals surface area contributed by atoms with Gasteiger partial charge >= 0.3 is 0 Å². The third kappa shape index (κ3) is 3.80. The first kappa shape index (κ1) is 13.6. The lowest BCUT2D eigenvalue weighted by molar-refractivity contribution is 0.0937. The highest BCUT2D eigenvalue weighted by Gasteiger charge is 2.23. The first-order chi connectivity index (χ1) is 9.19. The lowest BCUT2D eigenvalue weighted by Crippen LogP contribution is -2.32. The topological polar surface area (TPSA) is 68.0 Å². The lowest BCUT2D eigenvalue weighted by Gasteiger charge is -2.12. The second-order valence-electron chi connectivity index (χ2n) is 5.06. The van der Waals surface area contributed by atoms with Gasteiger partial charge in [-0.15, -0.1) is 0 Å². The van der Waals surface area contributed by atoms with Crippen LogP contribution in [0.5, 0.6) is 0 Å². The number of pyridine rings is 1. The summed E-state index contributed by atoms with van der Waals surface area (Å²) in [4.78, 5) is 16.2. The molecule has 1 fully saturated rings. The van der Waals surface area contributed by atoms with Gasteiger partial charge in [0.05, 0.1) is 12.1 Å². The van der Waals surface area contributed by atoms with Crippen molar-refractivity contribution in [2.24, 2.45) is 11.7 Å². The Bertz CT molecular complexity index is 516. The van der Waals surface area contributed by atoms with E-state index in [0.717, 1.165) is 18.4 Å². The van der Waals surface area contributed by atoms with E-state index < -0.39 is 0 Å². The number of nitrogens with zero attached hydrogens (tertiary/aromatic N) is 1. The van der Waals surface area contributed by atoms with Gasteiger partial charge in [-0.2, -0.15) is 0 Å². The van der Waals surface area contributed by atoms with Crippen LogP contribution < -0.4 is 11.1 Å². The molecule has 0 bridgehead atoms. The summed E-state index contributed by atoms with van der Waals surface area (Å²) in [5.74, 6) is 6.27. The Morgan fingerprint density at radius 3 is 3.05 bits per heavy atom. The molecule has 0 saturated heterocycles. The van der Waals surface area contributed by atoms with Crippen LogP contribution in [0.3, 0.4) is 0 Å². The van der Waals surface area contributed by atoms with Gasteiger partial charge in [0.2, 0.25) is 0 Å². The molecule has 2 rings (SSSR count). The zero-order valence-electron chi connectivity index (χ0n) is 11.1. The molecule has 0 aliphatic heterocycles. The summed E-state index contributed by atoms with van der Waals surface area (Å²) in [6.07, 6.45) is 6.52. The van der Waals surface area contributed by atoms with E-state index in [4.69, 9.17) is 5.73 Å². The fourth-order valence-electron chi connectivity index (χ4n) is 2.39. The molecule has 1 amide bonds. The normalized spacial score (nSPS) is 21.6. The molecule has 1 aromatic heterocycles. The molecule has 100 valence electrons. The van der Waals surface area contributed by atoms with E-state index in [0.29, 0.717) is 24.1 Å². The summed E-state index contributed by atoms with van der Waals surface area (Å²) >= 11 is 0. The van der Waals surface area contributed by atoms with Gasteiger partial charge in [-0.1, -0.05) is 18.8 Å². The van der Waals surface area contributed by atoms with Gasteiger partial charge in [0.15, 0.2) is 0 Å². The Morgan fingerprint density at radius 2 is 2.37 bits per heavy atom. The minimum atomic E-state index is -0.0667. The molecule has 19 heavy (non-hydrogen) atoms. The van der Waals surface area contributed by atoms with Gasteiger partial charge in [0.1, 0.15) is 0 Å². The van der Waals surface area contributed by atoms with E-state index in [1.807, 2.05) is 0 Å². The average Bonchev–Trinajstić information content (AvgIpc) is 2.82. The maximum absolute atomic E-state index is 12.1. The molecule has 2 unspecified atom stereocenters. The van der Waals surface area contributed by atoms with Crippen LogP contribution in [0.1, 0.15) is 42.1 Å². The van der Waals surface area contributed by atoms with Gasteiger partial charge in [-0.3, -0.25) is 9.78 Å². The van der Waals surface area contributed by atoms with Gasteiger partial charge in [-0.25, -0.2) is 0 Å². The first-order valence-electron chi connectivity index (χ1n) is 6.64. The van der Waals surface area contributed by atoms with Crippen molar-refractivity contribution in [2.75, 3.05) is 6.54 Å². The second-order valence-corrected chi connectivity index (χ2v) is 5.06. The van der Waals surface area contributed by atoms with E-state index in [-0.39, 0.29) is 5.91 Å². The minimum absolute atomic E-state index is 0.0667. The molecular formula is C15H19N3O. The number of amides is 1. The Kier molecular flexibility index (Phi) is 4.53. The average molecular weight is 257 g/mol. The summed E-state index contributed by atoms with van der Waals surface area (Å²) in [6.45, 7) is 2.52. The summed E-state index contributed by atoms with van der Waals surface area (Å²) < 4.78 is 0. The Balaban J connectivity index is 2.02. The molecule has 0 radical (unpaired) electrons. The van der Waals surface area contributed by atoms with Crippen molar-refractivity contribution in [3.05, 3.63) is 29.6 Å². The van der Waals surface area contributed by atoms with Crippen molar-refractivity contribution in [1.82, 2.24) is 10.3 Å². The number of nitrogens with two attached hydrogens (primary N) is 1. The van der Waals surface area contributed by atoms with Crippen molar-refractivity contribution in [3.63, 3.8) is 0 Å². The highest BCUT2D eigenvalue weighted by atomic mass is 16.1. The summed E-state index contributed by atoms with van der Waals surface area (Å²) in [7, 11) is 0. The molecule has 1 aromatic rings. The van der Waals surface area contributed by atoms with E-state index in [1.165, 1.54) is 6.42 Å². The molecule has 4 nitrogen and oxygen atoms in total. The van der Waals surface area contributed by atoms with Crippen LogP contribution >= 0.6 is 0 Å². The van der Waals surface area contributed by atoms with E-state index >= 15 is 0 Å². The maximum Gasteiger partial charge on any atom is 0.253 e. The van der Waals surface area contributed by atoms with Gasteiger partial charge in [0.25, 0.3) is 5.91 Å². The van der Waals surface area contributed by atoms with Crippen molar-refractivity contribution in [2.45, 2.75) is 32.2 Å². The third-order valence-electron chi connectivity index (χ3n) is 3.37. The predicted octanol–water partition coefficient (Wildman–Crippen LogP) is 1.31. The minimum Gasteiger partial charge on any atom is -0.349 e. The van der Waals surface area contributed by atoms with Gasteiger partial charge in [0, 0.05) is 24.0 Å². The SMILES string of the molecule is CC1CCC(NC(=O)c2cncc(C#CCN)c2)C1. The number of hydrogen-bond acceptors (Lipinski definition) is 3. The number of carbonyl (C=O) groups is 1. The number of nitrogens with one attached hydrogen (secondary N) is 1. The monoisotopic (exact) mass is 257 g/mol. The Morgan fingerprint density at radius 1 is 1.53 bits per heavy atom. The zero-order valence-corrected chi connectivity index (χ0v) is 11.1. The van der Waals surface area contributed by atoms with Crippen LogP contribution in [0.25, 0.3) is 0 Å². The lowest BCUT2D eigenvalue weighted by atomic mass is 10.1. The van der Waals surface area contributed by atoms with Gasteiger partial charge in [-0.05, 0) is 31.2 Å². The van der Waals surface area contributed by atoms with Crippen LogP contribution in [0.2, 0.25) is 0 Å². The quantitative estimate of drug-likeness (QED) is 0.785. The molecule has 2 atom stereocenters. The molecule has 0 aromatic carbocycles. The molecule has 1 heterocycles. The molecule has 1 aliphatic rings. The fourth-order valence-corrected chi connectivity index (χ4v) is 2.39. The van der Waals surface area contributed by atoms with E-state index in [2.05, 4.69) is 29.1 Å². The largest absolute Gasteiger partial charge is 0.349 e. The highest BCUT2D eigenvalue weighted by molar-refractivity contribution is 5.94. The summed E-state index contributed by atoms with van der Waals surface area (Å²) in [6, 6.07) is 2.05. The number of carbonyl (C=O) groups excluding carboxylic acids is 1. The third-order valence-corrected chi connectivity index (χ3v) is 3.37. The van der Waals surface area contributed by atoms with Crippen molar-refractivity contribution in [3.8, 4) is 11.8 Å². The first-order valence-corrected chi connectivity index (χ1v) is 6.64. The summed E-state index contributed by atoms with van der Waals surface area (Å²) in [5.41, 5.74) is 6.60. The summed E-state index contributed by atoms with van der Waals surface area (Å²) in [5, 5.41) is 3.06. The van der Waals surface area contributed by atoms with Gasteiger partial charge < -0.3 is 11.1 Å². The van der Waals surface area contributed by atoms with Crippen molar-refractivity contribution in [1.29, 1.82) is 0 Å². The highest BCUT2D eigenvalue weighted by Crippen LogP contribution is 2.24. The smallest absolute Gasteiger partial charge is 0.253 e. The number of aromatic nitrogens is 1. The standard InChI is InChI=1S/C15H19N3O/c1-11-4-5-14(7-11)18-15(19)13-8-12(3-2-6-16)9-17-10-13/h8-11,14H,4-7,16H2,1H3,(H,18,19). The van der Waals surface area contributed by atoms with E-state index in [1.54, 1.807) is 18.5 Å². The Labute approximate surface area is 113 Å². The van der Waals surface area contributed by atoms with Crippen LogP contribution in [-0.2, 0) is 0 Å². The number of hydrogen-bond donors (Lipinski definition) is 2. The maximum atomic E-state index is 12.1.